The predicted molar refractivity (Wildman–Crippen MR) is 171 cm³/mol. The van der Waals surface area contributed by atoms with E-state index in [1.165, 1.54) is 20.3 Å². The van der Waals surface area contributed by atoms with Gasteiger partial charge in [-0.1, -0.05) is 53.5 Å². The monoisotopic (exact) mass is 651 g/mol. The standard InChI is InChI=1S/C31H31Cl2N7O5/c1-38-13-20(29(43)39(2)30(38)44)27(42)35-21-9-5-7-18(26(21)33)17-6-4-8-19(25(17)32)22-12-34-23(28(36-22)45-3)14-40-15-31(16-40)11-10-24(41)37-31/h4-9,12-13,24,37,41H,10-11,14-16H2,1-3H3,(H,35,42). The van der Waals surface area contributed by atoms with Crippen LogP contribution >= 0.6 is 23.2 Å². The van der Waals surface area contributed by atoms with Gasteiger partial charge >= 0.3 is 5.69 Å². The van der Waals surface area contributed by atoms with Gasteiger partial charge in [-0.2, -0.15) is 0 Å². The Morgan fingerprint density at radius 1 is 1.11 bits per heavy atom. The molecule has 2 aromatic carbocycles. The lowest BCUT2D eigenvalue weighted by atomic mass is 9.88. The maximum atomic E-state index is 13.0. The topological polar surface area (TPSA) is 144 Å². The van der Waals surface area contributed by atoms with Crippen LogP contribution < -0.4 is 26.6 Å². The first-order chi connectivity index (χ1) is 21.5. The van der Waals surface area contributed by atoms with Gasteiger partial charge in [-0.15, -0.1) is 0 Å². The molecule has 4 heterocycles. The van der Waals surface area contributed by atoms with E-state index < -0.39 is 23.4 Å². The number of aromatic nitrogens is 4. The fraction of sp³-hybridized carbons (Fsp3) is 0.323. The zero-order chi connectivity index (χ0) is 32.0. The molecule has 2 aliphatic rings. The van der Waals surface area contributed by atoms with Gasteiger partial charge < -0.3 is 19.7 Å². The average molecular weight is 653 g/mol. The van der Waals surface area contributed by atoms with Gasteiger partial charge in [0.2, 0.25) is 5.88 Å². The second-order valence-corrected chi connectivity index (χ2v) is 12.2. The number of likely N-dealkylation sites (tertiary alicyclic amines) is 1. The molecule has 2 saturated heterocycles. The summed E-state index contributed by atoms with van der Waals surface area (Å²) in [4.78, 5) is 49.3. The molecule has 0 radical (unpaired) electrons. The summed E-state index contributed by atoms with van der Waals surface area (Å²) in [5.74, 6) is -0.320. The number of carbonyl (C=O) groups excluding carboxylic acids is 1. The minimum atomic E-state index is -0.722. The van der Waals surface area contributed by atoms with Crippen molar-refractivity contribution < 1.29 is 14.6 Å². The van der Waals surface area contributed by atoms with Crippen LogP contribution in [0.1, 0.15) is 28.9 Å². The Bertz CT molecular complexity index is 1940. The summed E-state index contributed by atoms with van der Waals surface area (Å²) in [7, 11) is 4.31. The number of carbonyl (C=O) groups is 1. The molecule has 0 saturated carbocycles. The van der Waals surface area contributed by atoms with Crippen molar-refractivity contribution >= 4 is 34.8 Å². The van der Waals surface area contributed by atoms with Gasteiger partial charge in [-0.25, -0.2) is 9.78 Å². The Hall–Kier alpha value is -4.07. The first-order valence-corrected chi connectivity index (χ1v) is 15.0. The van der Waals surface area contributed by atoms with Crippen LogP contribution in [0.15, 0.2) is 58.4 Å². The molecular weight excluding hydrogens is 621 g/mol. The van der Waals surface area contributed by atoms with Crippen LogP contribution in [0.2, 0.25) is 10.0 Å². The molecule has 12 nitrogen and oxygen atoms in total. The van der Waals surface area contributed by atoms with E-state index >= 15 is 0 Å². The van der Waals surface area contributed by atoms with E-state index in [1.54, 1.807) is 37.6 Å². The van der Waals surface area contributed by atoms with Gasteiger partial charge in [0.05, 0.1) is 34.7 Å². The number of nitrogens with zero attached hydrogens (tertiary/aromatic N) is 5. The number of anilines is 1. The number of benzene rings is 2. The third-order valence-corrected chi connectivity index (χ3v) is 9.12. The number of nitrogens with one attached hydrogen (secondary N) is 2. The molecule has 234 valence electrons. The van der Waals surface area contributed by atoms with Crippen molar-refractivity contribution in [3.8, 4) is 28.3 Å². The Morgan fingerprint density at radius 2 is 1.80 bits per heavy atom. The van der Waals surface area contributed by atoms with Gasteiger partial charge in [0, 0.05) is 62.2 Å². The molecule has 1 spiro atoms. The van der Waals surface area contributed by atoms with E-state index in [0.717, 1.165) is 35.1 Å². The minimum Gasteiger partial charge on any atom is -0.480 e. The number of hydrogen-bond acceptors (Lipinski definition) is 9. The van der Waals surface area contributed by atoms with Crippen molar-refractivity contribution in [2.75, 3.05) is 25.5 Å². The highest BCUT2D eigenvalue weighted by Gasteiger charge is 2.47. The van der Waals surface area contributed by atoms with Crippen LogP contribution in [-0.2, 0) is 20.6 Å². The van der Waals surface area contributed by atoms with Crippen molar-refractivity contribution in [1.29, 1.82) is 0 Å². The molecule has 1 amide bonds. The van der Waals surface area contributed by atoms with Gasteiger partial charge in [0.25, 0.3) is 11.5 Å². The van der Waals surface area contributed by atoms with Gasteiger partial charge in [-0.05, 0) is 18.9 Å². The SMILES string of the molecule is COc1nc(-c2cccc(-c3cccc(NC(=O)c4cn(C)c(=O)n(C)c4=O)c3Cl)c2Cl)cnc1CN1CC2(CCC(O)N2)C1. The molecular formula is C31H31Cl2N7O5. The Labute approximate surface area is 268 Å². The number of amides is 1. The Kier molecular flexibility index (Phi) is 8.27. The van der Waals surface area contributed by atoms with E-state index in [4.69, 9.17) is 32.9 Å². The second-order valence-electron chi connectivity index (χ2n) is 11.4. The number of aryl methyl sites for hydroxylation is 1. The fourth-order valence-corrected chi connectivity index (χ4v) is 6.62. The number of aliphatic hydroxyl groups is 1. The van der Waals surface area contributed by atoms with Crippen molar-refractivity contribution in [3.63, 3.8) is 0 Å². The number of ether oxygens (including phenoxy) is 1. The molecule has 0 bridgehead atoms. The van der Waals surface area contributed by atoms with Gasteiger partial charge in [-0.3, -0.25) is 29.4 Å². The molecule has 2 aromatic heterocycles. The first-order valence-electron chi connectivity index (χ1n) is 14.2. The summed E-state index contributed by atoms with van der Waals surface area (Å²) in [6.45, 7) is 2.18. The molecule has 6 rings (SSSR count). The van der Waals surface area contributed by atoms with Crippen molar-refractivity contribution in [3.05, 3.63) is 90.9 Å². The molecule has 2 aliphatic heterocycles. The van der Waals surface area contributed by atoms with Gasteiger partial charge in [0.15, 0.2) is 0 Å². The van der Waals surface area contributed by atoms with E-state index in [0.29, 0.717) is 45.5 Å². The number of halogens is 2. The van der Waals surface area contributed by atoms with E-state index in [-0.39, 0.29) is 21.8 Å². The van der Waals surface area contributed by atoms with Crippen molar-refractivity contribution in [2.45, 2.75) is 31.2 Å². The van der Waals surface area contributed by atoms with Crippen molar-refractivity contribution in [2.24, 2.45) is 14.1 Å². The average Bonchev–Trinajstić information content (AvgIpc) is 3.41. The summed E-state index contributed by atoms with van der Waals surface area (Å²) in [5, 5.41) is 16.4. The molecule has 1 atom stereocenters. The number of hydrogen-bond donors (Lipinski definition) is 3. The van der Waals surface area contributed by atoms with Crippen molar-refractivity contribution in [1.82, 2.24) is 29.3 Å². The number of methoxy groups -OCH3 is 1. The Morgan fingerprint density at radius 3 is 2.49 bits per heavy atom. The van der Waals surface area contributed by atoms with Gasteiger partial charge in [0.1, 0.15) is 17.5 Å². The number of rotatable bonds is 7. The van der Waals surface area contributed by atoms with E-state index in [9.17, 15) is 19.5 Å². The summed E-state index contributed by atoms with van der Waals surface area (Å²) in [6.07, 6.45) is 4.10. The molecule has 1 unspecified atom stereocenters. The molecule has 2 fully saturated rings. The first kappa shape index (κ1) is 30.9. The summed E-state index contributed by atoms with van der Waals surface area (Å²) in [6, 6.07) is 10.5. The zero-order valence-electron chi connectivity index (χ0n) is 24.8. The molecule has 45 heavy (non-hydrogen) atoms. The second kappa shape index (κ2) is 12.0. The molecule has 14 heteroatoms. The summed E-state index contributed by atoms with van der Waals surface area (Å²) >= 11 is 13.7. The molecule has 3 N–H and O–H groups in total. The zero-order valence-corrected chi connectivity index (χ0v) is 26.3. The molecule has 4 aromatic rings. The predicted octanol–water partition coefficient (Wildman–Crippen LogP) is 3.03. The highest BCUT2D eigenvalue weighted by molar-refractivity contribution is 6.39. The normalized spacial score (nSPS) is 17.3. The lowest BCUT2D eigenvalue weighted by Crippen LogP contribution is -2.67. The van der Waals surface area contributed by atoms with Crippen LogP contribution in [-0.4, -0.2) is 67.0 Å². The molecule has 0 aliphatic carbocycles. The largest absolute Gasteiger partial charge is 0.480 e. The minimum absolute atomic E-state index is 0.0339. The summed E-state index contributed by atoms with van der Waals surface area (Å²) in [5.41, 5.74) is 1.70. The van der Waals surface area contributed by atoms with Crippen LogP contribution in [0.3, 0.4) is 0 Å². The lowest BCUT2D eigenvalue weighted by molar-refractivity contribution is 0.0256. The quantitative estimate of drug-likeness (QED) is 0.275. The highest BCUT2D eigenvalue weighted by Crippen LogP contribution is 2.41. The van der Waals surface area contributed by atoms with Crippen LogP contribution in [0.5, 0.6) is 5.88 Å². The maximum Gasteiger partial charge on any atom is 0.330 e. The summed E-state index contributed by atoms with van der Waals surface area (Å²) < 4.78 is 7.62. The lowest BCUT2D eigenvalue weighted by Gasteiger charge is -2.48. The van der Waals surface area contributed by atoms with Crippen LogP contribution in [0.25, 0.3) is 22.4 Å². The highest BCUT2D eigenvalue weighted by atomic mass is 35.5. The smallest absolute Gasteiger partial charge is 0.330 e. The van der Waals surface area contributed by atoms with Crippen LogP contribution in [0.4, 0.5) is 5.69 Å². The van der Waals surface area contributed by atoms with E-state index in [2.05, 4.69) is 20.5 Å². The van der Waals surface area contributed by atoms with Crippen LogP contribution in [0, 0.1) is 0 Å². The third kappa shape index (κ3) is 5.75. The fourth-order valence-electron chi connectivity index (χ4n) is 6.02. The third-order valence-electron chi connectivity index (χ3n) is 8.30. The number of aliphatic hydroxyl groups excluding tert-OH is 1. The van der Waals surface area contributed by atoms with E-state index in [1.807, 2.05) is 12.1 Å². The maximum absolute atomic E-state index is 13.0. The Balaban J connectivity index is 1.25.